The van der Waals surface area contributed by atoms with E-state index in [4.69, 9.17) is 4.74 Å². The highest BCUT2D eigenvalue weighted by Crippen LogP contribution is 2.29. The van der Waals surface area contributed by atoms with Gasteiger partial charge in [-0.3, -0.25) is 0 Å². The first-order valence-corrected chi connectivity index (χ1v) is 5.95. The molecule has 7 heteroatoms. The first-order chi connectivity index (χ1) is 9.21. The lowest BCUT2D eigenvalue weighted by atomic mass is 9.89. The topological polar surface area (TPSA) is 21.3 Å². The summed E-state index contributed by atoms with van der Waals surface area (Å²) < 4.78 is 70.6. The maximum atomic E-state index is 13.4. The van der Waals surface area contributed by atoms with Crippen LogP contribution in [0.5, 0.6) is 0 Å². The van der Waals surface area contributed by atoms with Gasteiger partial charge in [-0.15, -0.1) is 0 Å². The summed E-state index contributed by atoms with van der Waals surface area (Å²) in [5.41, 5.74) is -1.44. The minimum absolute atomic E-state index is 0.0364. The Labute approximate surface area is 113 Å². The van der Waals surface area contributed by atoms with Crippen LogP contribution in [-0.4, -0.2) is 20.3 Å². The molecule has 2 nitrogen and oxygen atoms in total. The average Bonchev–Trinajstić information content (AvgIpc) is 2.40. The van der Waals surface area contributed by atoms with Crippen molar-refractivity contribution in [1.29, 1.82) is 0 Å². The summed E-state index contributed by atoms with van der Waals surface area (Å²) >= 11 is 0. The monoisotopic (exact) mass is 297 g/mol. The minimum Gasteiger partial charge on any atom is -0.385 e. The molecule has 0 unspecified atom stereocenters. The molecule has 0 fully saturated rings. The summed E-state index contributed by atoms with van der Waals surface area (Å²) in [5, 5.41) is 2.29. The smallest absolute Gasteiger partial charge is 0.200 e. The van der Waals surface area contributed by atoms with Gasteiger partial charge in [0.2, 0.25) is 5.82 Å². The van der Waals surface area contributed by atoms with Crippen LogP contribution in [0.1, 0.15) is 20.3 Å². The number of hydrogen-bond donors (Lipinski definition) is 1. The number of benzene rings is 1. The summed E-state index contributed by atoms with van der Waals surface area (Å²) in [7, 11) is 1.51. The maximum absolute atomic E-state index is 13.4. The zero-order chi connectivity index (χ0) is 15.5. The molecular formula is C13H16F5NO. The van der Waals surface area contributed by atoms with E-state index in [1.54, 1.807) is 13.8 Å². The molecule has 0 aliphatic carbocycles. The molecule has 0 saturated heterocycles. The van der Waals surface area contributed by atoms with Crippen LogP contribution in [0.2, 0.25) is 0 Å². The van der Waals surface area contributed by atoms with E-state index in [1.807, 2.05) is 0 Å². The van der Waals surface area contributed by atoms with Crippen molar-refractivity contribution in [1.82, 2.24) is 0 Å². The summed E-state index contributed by atoms with van der Waals surface area (Å²) in [5.74, 6) is -9.79. The van der Waals surface area contributed by atoms with Crippen LogP contribution in [0.15, 0.2) is 0 Å². The molecule has 0 saturated carbocycles. The van der Waals surface area contributed by atoms with Crippen molar-refractivity contribution in [2.75, 3.05) is 25.6 Å². The third-order valence-electron chi connectivity index (χ3n) is 2.94. The molecule has 20 heavy (non-hydrogen) atoms. The van der Waals surface area contributed by atoms with E-state index in [0.717, 1.165) is 0 Å². The number of anilines is 1. The van der Waals surface area contributed by atoms with Crippen molar-refractivity contribution in [3.63, 3.8) is 0 Å². The summed E-state index contributed by atoms with van der Waals surface area (Å²) in [6.07, 6.45) is 0.561. The zero-order valence-electron chi connectivity index (χ0n) is 11.4. The Morgan fingerprint density at radius 3 is 1.80 bits per heavy atom. The molecule has 1 N–H and O–H groups in total. The van der Waals surface area contributed by atoms with Crippen LogP contribution < -0.4 is 5.32 Å². The van der Waals surface area contributed by atoms with E-state index in [1.165, 1.54) is 7.11 Å². The van der Waals surface area contributed by atoms with E-state index in [0.29, 0.717) is 13.0 Å². The molecule has 0 aliphatic heterocycles. The van der Waals surface area contributed by atoms with Crippen LogP contribution in [0, 0.1) is 34.5 Å². The molecule has 114 valence electrons. The highest BCUT2D eigenvalue weighted by Gasteiger charge is 2.27. The Hall–Kier alpha value is -1.37. The Morgan fingerprint density at radius 1 is 0.900 bits per heavy atom. The van der Waals surface area contributed by atoms with Gasteiger partial charge in [0.15, 0.2) is 23.3 Å². The molecule has 0 heterocycles. The van der Waals surface area contributed by atoms with Gasteiger partial charge in [-0.2, -0.15) is 0 Å². The Balaban J connectivity index is 2.94. The lowest BCUT2D eigenvalue weighted by Crippen LogP contribution is -2.26. The van der Waals surface area contributed by atoms with Crippen LogP contribution in [0.3, 0.4) is 0 Å². The highest BCUT2D eigenvalue weighted by atomic mass is 19.2. The lowest BCUT2D eigenvalue weighted by Gasteiger charge is -2.25. The van der Waals surface area contributed by atoms with Gasteiger partial charge in [0.25, 0.3) is 0 Å². The Morgan fingerprint density at radius 2 is 1.35 bits per heavy atom. The number of rotatable bonds is 6. The molecule has 0 amide bonds. The largest absolute Gasteiger partial charge is 0.385 e. The van der Waals surface area contributed by atoms with Crippen molar-refractivity contribution in [2.45, 2.75) is 20.3 Å². The second kappa shape index (κ2) is 6.39. The highest BCUT2D eigenvalue weighted by molar-refractivity contribution is 5.47. The van der Waals surface area contributed by atoms with Gasteiger partial charge in [0.1, 0.15) is 5.69 Å². The number of methoxy groups -OCH3 is 1. The fourth-order valence-corrected chi connectivity index (χ4v) is 1.55. The molecule has 0 radical (unpaired) electrons. The second-order valence-corrected chi connectivity index (χ2v) is 5.21. The second-order valence-electron chi connectivity index (χ2n) is 5.21. The van der Waals surface area contributed by atoms with Crippen LogP contribution in [0.4, 0.5) is 27.6 Å². The minimum atomic E-state index is -2.16. The SMILES string of the molecule is COCCC(C)(C)CNc1c(F)c(F)c(F)c(F)c1F. The first-order valence-electron chi connectivity index (χ1n) is 5.95. The van der Waals surface area contributed by atoms with Crippen molar-refractivity contribution in [3.8, 4) is 0 Å². The van der Waals surface area contributed by atoms with Gasteiger partial charge in [0.05, 0.1) is 0 Å². The predicted molar refractivity (Wildman–Crippen MR) is 65.0 cm³/mol. The number of hydrogen-bond acceptors (Lipinski definition) is 2. The number of nitrogens with one attached hydrogen (secondary N) is 1. The maximum Gasteiger partial charge on any atom is 0.200 e. The molecule has 1 aromatic carbocycles. The number of ether oxygens (including phenoxy) is 1. The summed E-state index contributed by atoms with van der Waals surface area (Å²) in [6.45, 7) is 4.02. The van der Waals surface area contributed by atoms with Gasteiger partial charge < -0.3 is 10.1 Å². The zero-order valence-corrected chi connectivity index (χ0v) is 11.4. The normalized spacial score (nSPS) is 11.8. The molecule has 0 aliphatic rings. The van der Waals surface area contributed by atoms with Crippen molar-refractivity contribution in [3.05, 3.63) is 29.1 Å². The molecule has 0 spiro atoms. The summed E-state index contributed by atoms with van der Waals surface area (Å²) in [6, 6.07) is 0. The van der Waals surface area contributed by atoms with Crippen LogP contribution in [0.25, 0.3) is 0 Å². The van der Waals surface area contributed by atoms with E-state index in [9.17, 15) is 22.0 Å². The van der Waals surface area contributed by atoms with Gasteiger partial charge in [0, 0.05) is 20.3 Å². The van der Waals surface area contributed by atoms with Gasteiger partial charge in [-0.1, -0.05) is 13.8 Å². The molecule has 0 atom stereocenters. The molecule has 0 aromatic heterocycles. The lowest BCUT2D eigenvalue weighted by molar-refractivity contribution is 0.157. The first kappa shape index (κ1) is 16.7. The molecule has 1 aromatic rings. The third kappa shape index (κ3) is 3.59. The van der Waals surface area contributed by atoms with Gasteiger partial charge in [-0.05, 0) is 11.8 Å². The van der Waals surface area contributed by atoms with Gasteiger partial charge in [-0.25, -0.2) is 22.0 Å². The molecule has 1 rings (SSSR count). The number of halogens is 5. The standard InChI is InChI=1S/C13H16F5NO/c1-13(2,4-5-20-3)6-19-12-10(17)8(15)7(14)9(16)11(12)18/h19H,4-6H2,1-3H3. The fraction of sp³-hybridized carbons (Fsp3) is 0.538. The molecular weight excluding hydrogens is 281 g/mol. The van der Waals surface area contributed by atoms with E-state index >= 15 is 0 Å². The van der Waals surface area contributed by atoms with Crippen LogP contribution in [-0.2, 0) is 4.74 Å². The third-order valence-corrected chi connectivity index (χ3v) is 2.94. The van der Waals surface area contributed by atoms with E-state index < -0.39 is 40.2 Å². The fourth-order valence-electron chi connectivity index (χ4n) is 1.55. The predicted octanol–water partition coefficient (Wildman–Crippen LogP) is 3.86. The average molecular weight is 297 g/mol. The van der Waals surface area contributed by atoms with E-state index in [-0.39, 0.29) is 6.54 Å². The Bertz CT molecular complexity index is 461. The van der Waals surface area contributed by atoms with Crippen LogP contribution >= 0.6 is 0 Å². The quantitative estimate of drug-likeness (QED) is 0.489. The molecule has 0 bridgehead atoms. The van der Waals surface area contributed by atoms with E-state index in [2.05, 4.69) is 5.32 Å². The van der Waals surface area contributed by atoms with Crippen molar-refractivity contribution < 1.29 is 26.7 Å². The van der Waals surface area contributed by atoms with Crippen molar-refractivity contribution in [2.24, 2.45) is 5.41 Å². The van der Waals surface area contributed by atoms with Gasteiger partial charge >= 0.3 is 0 Å². The van der Waals surface area contributed by atoms with Crippen molar-refractivity contribution >= 4 is 5.69 Å². The summed E-state index contributed by atoms with van der Waals surface area (Å²) in [4.78, 5) is 0. The Kier molecular flexibility index (Phi) is 5.33.